The van der Waals surface area contributed by atoms with Gasteiger partial charge in [0, 0.05) is 5.39 Å². The summed E-state index contributed by atoms with van der Waals surface area (Å²) in [5, 5.41) is 7.64. The van der Waals surface area contributed by atoms with Crippen molar-refractivity contribution in [2.24, 2.45) is 0 Å². The maximum atomic E-state index is 10.9. The molecule has 25 heavy (non-hydrogen) atoms. The zero-order valence-corrected chi connectivity index (χ0v) is 16.7. The Morgan fingerprint density at radius 2 is 1.92 bits per heavy atom. The van der Waals surface area contributed by atoms with E-state index in [0.29, 0.717) is 0 Å². The second kappa shape index (κ2) is 8.81. The van der Waals surface area contributed by atoms with E-state index in [0.717, 1.165) is 0 Å². The lowest BCUT2D eigenvalue weighted by Gasteiger charge is -2.19. The van der Waals surface area contributed by atoms with Crippen LogP contribution in [0.1, 0.15) is 31.9 Å². The van der Waals surface area contributed by atoms with E-state index in [2.05, 4.69) is 50.5 Å². The highest BCUT2D eigenvalue weighted by molar-refractivity contribution is 7.14. The number of ether oxygens (including phenoxy) is 2. The Labute approximate surface area is 150 Å². The number of carbonyl (C=O) groups is 2. The summed E-state index contributed by atoms with van der Waals surface area (Å²) in [7, 11) is 3.84. The van der Waals surface area contributed by atoms with Crippen LogP contribution in [0.4, 0.5) is 4.79 Å². The van der Waals surface area contributed by atoms with Crippen molar-refractivity contribution in [3.8, 4) is 0 Å². The molecule has 0 fully saturated rings. The molecule has 1 aromatic carbocycles. The van der Waals surface area contributed by atoms with Gasteiger partial charge in [0.2, 0.25) is 0 Å². The number of fused-ring (bicyclic) bond motifs is 1. The lowest BCUT2D eigenvalue weighted by Crippen LogP contribution is -2.35. The summed E-state index contributed by atoms with van der Waals surface area (Å²) < 4.78 is 11.0. The fraction of sp³-hybridized carbons (Fsp3) is 0.471. The van der Waals surface area contributed by atoms with Crippen molar-refractivity contribution in [3.05, 3.63) is 29.5 Å². The summed E-state index contributed by atoms with van der Waals surface area (Å²) in [4.78, 5) is 21.5. The minimum Gasteiger partial charge on any atom is -0.468 e. The number of methoxy groups -OCH3 is 1. The highest BCUT2D eigenvalue weighted by Crippen LogP contribution is 2.21. The number of nitrogens with zero attached hydrogens (tertiary/aromatic N) is 2. The van der Waals surface area contributed by atoms with Crippen LogP contribution in [0.2, 0.25) is 0 Å². The van der Waals surface area contributed by atoms with Crippen molar-refractivity contribution in [2.75, 3.05) is 13.7 Å². The van der Waals surface area contributed by atoms with Crippen molar-refractivity contribution in [1.82, 2.24) is 14.9 Å². The molecule has 1 heterocycles. The van der Waals surface area contributed by atoms with E-state index in [1.54, 1.807) is 20.8 Å². The first kappa shape index (κ1) is 20.9. The van der Waals surface area contributed by atoms with Crippen LogP contribution < -0.4 is 5.32 Å². The molecule has 0 saturated carbocycles. The van der Waals surface area contributed by atoms with Crippen LogP contribution in [0.25, 0.3) is 10.9 Å². The molecule has 0 bridgehead atoms. The molecule has 0 radical (unpaired) electrons. The van der Waals surface area contributed by atoms with Gasteiger partial charge in [-0.25, -0.2) is 4.79 Å². The third-order valence-electron chi connectivity index (χ3n) is 3.03. The van der Waals surface area contributed by atoms with Gasteiger partial charge in [-0.05, 0) is 55.6 Å². The van der Waals surface area contributed by atoms with Crippen molar-refractivity contribution in [1.29, 1.82) is 0 Å². The molecule has 8 heteroatoms. The Hall–Kier alpha value is -2.14. The van der Waals surface area contributed by atoms with Crippen LogP contribution >= 0.6 is 9.39 Å². The van der Waals surface area contributed by atoms with Gasteiger partial charge in [-0.1, -0.05) is 11.6 Å². The zero-order chi connectivity index (χ0) is 19.2. The van der Waals surface area contributed by atoms with Gasteiger partial charge >= 0.3 is 12.1 Å². The molecule has 0 aliphatic rings. The Bertz CT molecular complexity index is 750. The number of nitrogens with one attached hydrogen (secondary N) is 1. The molecule has 0 aliphatic heterocycles. The van der Waals surface area contributed by atoms with Gasteiger partial charge in [0.25, 0.3) is 0 Å². The Balaban J connectivity index is 0.000000250. The summed E-state index contributed by atoms with van der Waals surface area (Å²) in [5.41, 5.74) is 3.21. The number of benzene rings is 1. The molecule has 1 atom stereocenters. The number of aryl methyl sites for hydroxylation is 2. The van der Waals surface area contributed by atoms with Crippen LogP contribution in [0.3, 0.4) is 0 Å². The maximum absolute atomic E-state index is 10.9. The van der Waals surface area contributed by atoms with Crippen molar-refractivity contribution in [2.45, 2.75) is 40.2 Å². The summed E-state index contributed by atoms with van der Waals surface area (Å²) in [5.74, 6) is -0.508. The van der Waals surface area contributed by atoms with Gasteiger partial charge in [0.15, 0.2) is 0 Å². The van der Waals surface area contributed by atoms with Crippen LogP contribution in [0.15, 0.2) is 18.3 Å². The molecular weight excluding hydrogens is 341 g/mol. The molecule has 1 amide bonds. The van der Waals surface area contributed by atoms with E-state index in [1.807, 2.05) is 10.6 Å². The highest BCUT2D eigenvalue weighted by Gasteiger charge is 2.16. The fourth-order valence-corrected chi connectivity index (χ4v) is 2.54. The molecule has 138 valence electrons. The SMILES string of the molecule is COC(=O)CNC(=O)OC(C)(C)C.Cc1cc(C)c2c(cnn2P)c1. The minimum absolute atomic E-state index is 0.175. The largest absolute Gasteiger partial charge is 0.468 e. The quantitative estimate of drug-likeness (QED) is 0.652. The van der Waals surface area contributed by atoms with E-state index < -0.39 is 17.7 Å². The molecule has 0 spiro atoms. The van der Waals surface area contributed by atoms with Crippen LogP contribution in [0.5, 0.6) is 0 Å². The number of hydrogen-bond donors (Lipinski definition) is 1. The number of esters is 1. The molecule has 1 N–H and O–H groups in total. The summed E-state index contributed by atoms with van der Waals surface area (Å²) in [6.07, 6.45) is 1.26. The monoisotopic (exact) mass is 367 g/mol. The van der Waals surface area contributed by atoms with Gasteiger partial charge in [-0.3, -0.25) is 9.25 Å². The fourth-order valence-electron chi connectivity index (χ4n) is 2.12. The van der Waals surface area contributed by atoms with Crippen molar-refractivity contribution >= 4 is 32.4 Å². The first-order valence-corrected chi connectivity index (χ1v) is 8.29. The van der Waals surface area contributed by atoms with Gasteiger partial charge in [0.05, 0.1) is 18.8 Å². The number of amides is 1. The van der Waals surface area contributed by atoms with E-state index in [9.17, 15) is 9.59 Å². The molecule has 1 aromatic heterocycles. The zero-order valence-electron chi connectivity index (χ0n) is 15.5. The summed E-state index contributed by atoms with van der Waals surface area (Å²) >= 11 is 0. The van der Waals surface area contributed by atoms with Gasteiger partial charge < -0.3 is 14.8 Å². The topological polar surface area (TPSA) is 82.4 Å². The minimum atomic E-state index is -0.627. The van der Waals surface area contributed by atoms with Crippen molar-refractivity contribution < 1.29 is 19.1 Å². The second-order valence-corrected chi connectivity index (χ2v) is 7.03. The third-order valence-corrected chi connectivity index (χ3v) is 3.42. The molecule has 2 aromatic rings. The molecule has 7 nitrogen and oxygen atoms in total. The maximum Gasteiger partial charge on any atom is 0.408 e. The van der Waals surface area contributed by atoms with E-state index in [1.165, 1.54) is 29.1 Å². The molecule has 0 aliphatic carbocycles. The van der Waals surface area contributed by atoms with Crippen LogP contribution in [-0.4, -0.2) is 40.9 Å². The standard InChI is InChI=1S/C9H11N2P.C8H15NO4/c1-6-3-7(2)9-8(4-6)5-10-11(9)12;1-8(2,3)13-7(11)9-5-6(10)12-4/h3-5H,12H2,1-2H3;5H2,1-4H3,(H,9,11). The van der Waals surface area contributed by atoms with E-state index in [-0.39, 0.29) is 6.54 Å². The predicted octanol–water partition coefficient (Wildman–Crippen LogP) is 2.98. The Kier molecular flexibility index (Phi) is 7.37. The molecule has 2 rings (SSSR count). The number of carbonyl (C=O) groups excluding carboxylic acids is 2. The van der Waals surface area contributed by atoms with Gasteiger partial charge in [-0.15, -0.1) is 0 Å². The van der Waals surface area contributed by atoms with E-state index >= 15 is 0 Å². The lowest BCUT2D eigenvalue weighted by atomic mass is 10.1. The average molecular weight is 367 g/mol. The van der Waals surface area contributed by atoms with Gasteiger partial charge in [-0.2, -0.15) is 5.10 Å². The third kappa shape index (κ3) is 7.10. The number of rotatable bonds is 2. The van der Waals surface area contributed by atoms with E-state index in [4.69, 9.17) is 4.74 Å². The Morgan fingerprint density at radius 3 is 2.48 bits per heavy atom. The first-order chi connectivity index (χ1) is 11.5. The highest BCUT2D eigenvalue weighted by atomic mass is 31.0. The van der Waals surface area contributed by atoms with Gasteiger partial charge in [0.1, 0.15) is 12.1 Å². The first-order valence-electron chi connectivity index (χ1n) is 7.77. The lowest BCUT2D eigenvalue weighted by molar-refractivity contribution is -0.139. The average Bonchev–Trinajstić information content (AvgIpc) is 2.85. The van der Waals surface area contributed by atoms with Crippen LogP contribution in [-0.2, 0) is 14.3 Å². The number of hydrogen-bond acceptors (Lipinski definition) is 5. The molecule has 1 unspecified atom stereocenters. The molecular formula is C17H26N3O4P. The number of alkyl carbamates (subject to hydrolysis) is 1. The second-order valence-electron chi connectivity index (χ2n) is 6.54. The van der Waals surface area contributed by atoms with Crippen LogP contribution in [0, 0.1) is 13.8 Å². The number of aromatic nitrogens is 2. The summed E-state index contributed by atoms with van der Waals surface area (Å²) in [6, 6.07) is 4.32. The Morgan fingerprint density at radius 1 is 1.28 bits per heavy atom. The normalized spacial score (nSPS) is 10.7. The van der Waals surface area contributed by atoms with Crippen molar-refractivity contribution in [3.63, 3.8) is 0 Å². The smallest absolute Gasteiger partial charge is 0.408 e. The predicted molar refractivity (Wildman–Crippen MR) is 101 cm³/mol. The molecule has 0 saturated heterocycles. The summed E-state index contributed by atoms with van der Waals surface area (Å²) in [6.45, 7) is 9.26.